The maximum atomic E-state index is 12.4. The van der Waals surface area contributed by atoms with Crippen molar-refractivity contribution in [3.05, 3.63) is 47.5 Å². The van der Waals surface area contributed by atoms with Crippen LogP contribution >= 0.6 is 0 Å². The van der Waals surface area contributed by atoms with Crippen LogP contribution in [0.3, 0.4) is 0 Å². The number of nitrogens with zero attached hydrogens (tertiary/aromatic N) is 1. The second-order valence-corrected chi connectivity index (χ2v) is 7.16. The Labute approximate surface area is 176 Å². The topological polar surface area (TPSA) is 77.1 Å². The van der Waals surface area contributed by atoms with E-state index >= 15 is 0 Å². The Hall–Kier alpha value is -3.22. The monoisotopic (exact) mass is 412 g/mol. The molecular formula is C23H28N2O5. The predicted octanol–water partition coefficient (Wildman–Crippen LogP) is 3.52. The molecule has 0 bridgehead atoms. The molecule has 1 fully saturated rings. The number of amides is 2. The van der Waals surface area contributed by atoms with E-state index in [2.05, 4.69) is 5.32 Å². The van der Waals surface area contributed by atoms with Gasteiger partial charge < -0.3 is 24.4 Å². The summed E-state index contributed by atoms with van der Waals surface area (Å²) >= 11 is 0. The van der Waals surface area contributed by atoms with Crippen molar-refractivity contribution < 1.29 is 23.8 Å². The number of ether oxygens (including phenoxy) is 3. The lowest BCUT2D eigenvalue weighted by Gasteiger charge is -2.15. The average molecular weight is 412 g/mol. The molecule has 7 heteroatoms. The quantitative estimate of drug-likeness (QED) is 0.718. The van der Waals surface area contributed by atoms with Gasteiger partial charge in [-0.05, 0) is 61.2 Å². The third kappa shape index (κ3) is 5.03. The number of likely N-dealkylation sites (tertiary alicyclic amines) is 1. The first-order valence-electron chi connectivity index (χ1n) is 10.0. The fraction of sp³-hybridized carbons (Fsp3) is 0.391. The summed E-state index contributed by atoms with van der Waals surface area (Å²) in [5.41, 5.74) is 2.22. The molecule has 2 amide bonds. The van der Waals surface area contributed by atoms with E-state index in [-0.39, 0.29) is 11.8 Å². The van der Waals surface area contributed by atoms with E-state index in [0.717, 1.165) is 31.5 Å². The molecule has 0 spiro atoms. The molecule has 1 saturated heterocycles. The summed E-state index contributed by atoms with van der Waals surface area (Å²) < 4.78 is 16.0. The predicted molar refractivity (Wildman–Crippen MR) is 115 cm³/mol. The minimum atomic E-state index is -0.109. The molecule has 0 atom stereocenters. The number of carbonyl (C=O) groups excluding carboxylic acids is 2. The van der Waals surface area contributed by atoms with Crippen LogP contribution in [0.15, 0.2) is 36.4 Å². The van der Waals surface area contributed by atoms with Gasteiger partial charge in [0.2, 0.25) is 11.7 Å². The van der Waals surface area contributed by atoms with Crippen LogP contribution in [-0.2, 0) is 11.2 Å². The minimum absolute atomic E-state index is 0.0489. The summed E-state index contributed by atoms with van der Waals surface area (Å²) in [6.07, 6.45) is 2.94. The molecule has 160 valence electrons. The van der Waals surface area contributed by atoms with Crippen molar-refractivity contribution in [3.8, 4) is 17.2 Å². The highest BCUT2D eigenvalue weighted by atomic mass is 16.5. The van der Waals surface area contributed by atoms with E-state index in [1.165, 1.54) is 0 Å². The summed E-state index contributed by atoms with van der Waals surface area (Å²) in [4.78, 5) is 26.6. The summed E-state index contributed by atoms with van der Waals surface area (Å²) in [6, 6.07) is 10.7. The lowest BCUT2D eigenvalue weighted by atomic mass is 10.1. The molecule has 1 heterocycles. The Morgan fingerprint density at radius 1 is 0.933 bits per heavy atom. The van der Waals surface area contributed by atoms with Crippen LogP contribution in [0.1, 0.15) is 35.2 Å². The van der Waals surface area contributed by atoms with Gasteiger partial charge in [0, 0.05) is 30.8 Å². The summed E-state index contributed by atoms with van der Waals surface area (Å²) in [6.45, 7) is 1.64. The molecular weight excluding hydrogens is 384 g/mol. The summed E-state index contributed by atoms with van der Waals surface area (Å²) in [5, 5.41) is 2.88. The van der Waals surface area contributed by atoms with Crippen molar-refractivity contribution in [2.75, 3.05) is 39.7 Å². The molecule has 2 aromatic carbocycles. The second-order valence-electron chi connectivity index (χ2n) is 7.16. The molecule has 2 aromatic rings. The molecule has 1 aliphatic heterocycles. The van der Waals surface area contributed by atoms with Gasteiger partial charge in [-0.3, -0.25) is 9.59 Å². The summed E-state index contributed by atoms with van der Waals surface area (Å²) in [7, 11) is 4.68. The number of hydrogen-bond acceptors (Lipinski definition) is 5. The molecule has 3 rings (SSSR count). The first-order valence-corrected chi connectivity index (χ1v) is 10.0. The molecule has 1 aliphatic rings. The highest BCUT2D eigenvalue weighted by Crippen LogP contribution is 2.38. The number of rotatable bonds is 8. The maximum absolute atomic E-state index is 12.4. The molecule has 0 radical (unpaired) electrons. The van der Waals surface area contributed by atoms with Crippen molar-refractivity contribution in [3.63, 3.8) is 0 Å². The van der Waals surface area contributed by atoms with E-state index < -0.39 is 0 Å². The molecule has 0 saturated carbocycles. The fourth-order valence-electron chi connectivity index (χ4n) is 3.56. The number of hydrogen-bond donors (Lipinski definition) is 1. The van der Waals surface area contributed by atoms with Gasteiger partial charge in [0.15, 0.2) is 11.5 Å². The number of benzene rings is 2. The number of anilines is 1. The largest absolute Gasteiger partial charge is 0.493 e. The third-order valence-electron chi connectivity index (χ3n) is 5.17. The van der Waals surface area contributed by atoms with E-state index in [1.54, 1.807) is 45.6 Å². The van der Waals surface area contributed by atoms with Crippen LogP contribution in [0.4, 0.5) is 5.69 Å². The SMILES string of the molecule is COc1cc(CCC(=O)Nc2ccc(C(=O)N3CCCC3)cc2)cc(OC)c1OC. The lowest BCUT2D eigenvalue weighted by molar-refractivity contribution is -0.116. The van der Waals surface area contributed by atoms with E-state index in [4.69, 9.17) is 14.2 Å². The van der Waals surface area contributed by atoms with Crippen LogP contribution in [0.5, 0.6) is 17.2 Å². The standard InChI is InChI=1S/C23H28N2O5/c1-28-19-14-16(15-20(29-2)22(19)30-3)6-11-21(26)24-18-9-7-17(8-10-18)23(27)25-12-4-5-13-25/h7-10,14-15H,4-6,11-13H2,1-3H3,(H,24,26). The van der Waals surface area contributed by atoms with Crippen molar-refractivity contribution >= 4 is 17.5 Å². The minimum Gasteiger partial charge on any atom is -0.493 e. The fourth-order valence-corrected chi connectivity index (χ4v) is 3.56. The zero-order valence-corrected chi connectivity index (χ0v) is 17.7. The second kappa shape index (κ2) is 10.0. The first-order chi connectivity index (χ1) is 14.5. The van der Waals surface area contributed by atoms with E-state index in [1.807, 2.05) is 17.0 Å². The van der Waals surface area contributed by atoms with Gasteiger partial charge in [-0.2, -0.15) is 0 Å². The van der Waals surface area contributed by atoms with Gasteiger partial charge in [0.05, 0.1) is 21.3 Å². The van der Waals surface area contributed by atoms with Crippen LogP contribution in [0.25, 0.3) is 0 Å². The Morgan fingerprint density at radius 2 is 1.53 bits per heavy atom. The maximum Gasteiger partial charge on any atom is 0.253 e. The number of carbonyl (C=O) groups is 2. The highest BCUT2D eigenvalue weighted by Gasteiger charge is 2.19. The van der Waals surface area contributed by atoms with Crippen molar-refractivity contribution in [1.82, 2.24) is 4.90 Å². The van der Waals surface area contributed by atoms with Gasteiger partial charge in [-0.1, -0.05) is 0 Å². The average Bonchev–Trinajstić information content (AvgIpc) is 3.31. The number of methoxy groups -OCH3 is 3. The van der Waals surface area contributed by atoms with Crippen LogP contribution in [0, 0.1) is 0 Å². The van der Waals surface area contributed by atoms with Gasteiger partial charge in [-0.25, -0.2) is 0 Å². The van der Waals surface area contributed by atoms with E-state index in [9.17, 15) is 9.59 Å². The first kappa shape index (κ1) is 21.5. The Balaban J connectivity index is 1.57. The molecule has 1 N–H and O–H groups in total. The molecule has 0 aliphatic carbocycles. The van der Waals surface area contributed by atoms with Crippen LogP contribution in [-0.4, -0.2) is 51.1 Å². The van der Waals surface area contributed by atoms with E-state index in [0.29, 0.717) is 41.3 Å². The number of aryl methyl sites for hydroxylation is 1. The van der Waals surface area contributed by atoms with Gasteiger partial charge in [0.1, 0.15) is 0 Å². The zero-order chi connectivity index (χ0) is 21.5. The molecule has 7 nitrogen and oxygen atoms in total. The third-order valence-corrected chi connectivity index (χ3v) is 5.17. The Bertz CT molecular complexity index is 864. The van der Waals surface area contributed by atoms with Crippen molar-refractivity contribution in [2.45, 2.75) is 25.7 Å². The van der Waals surface area contributed by atoms with Crippen LogP contribution < -0.4 is 19.5 Å². The Morgan fingerprint density at radius 3 is 2.07 bits per heavy atom. The lowest BCUT2D eigenvalue weighted by Crippen LogP contribution is -2.27. The van der Waals surface area contributed by atoms with Crippen LogP contribution in [0.2, 0.25) is 0 Å². The highest BCUT2D eigenvalue weighted by molar-refractivity contribution is 5.96. The van der Waals surface area contributed by atoms with Gasteiger partial charge in [0.25, 0.3) is 5.91 Å². The smallest absolute Gasteiger partial charge is 0.253 e. The normalized spacial score (nSPS) is 13.1. The van der Waals surface area contributed by atoms with Gasteiger partial charge in [-0.15, -0.1) is 0 Å². The molecule has 0 unspecified atom stereocenters. The molecule has 0 aromatic heterocycles. The zero-order valence-electron chi connectivity index (χ0n) is 17.7. The van der Waals surface area contributed by atoms with Gasteiger partial charge >= 0.3 is 0 Å². The van der Waals surface area contributed by atoms with Crippen molar-refractivity contribution in [2.24, 2.45) is 0 Å². The van der Waals surface area contributed by atoms with Crippen molar-refractivity contribution in [1.29, 1.82) is 0 Å². The summed E-state index contributed by atoms with van der Waals surface area (Å²) in [5.74, 6) is 1.59. The Kier molecular flexibility index (Phi) is 7.17. The number of nitrogens with one attached hydrogen (secondary N) is 1. The molecule has 30 heavy (non-hydrogen) atoms.